The summed E-state index contributed by atoms with van der Waals surface area (Å²) in [7, 11) is -1.30. The van der Waals surface area contributed by atoms with E-state index in [0.29, 0.717) is 24.8 Å². The Balaban J connectivity index is 1.46. The van der Waals surface area contributed by atoms with Gasteiger partial charge < -0.3 is 15.0 Å². The van der Waals surface area contributed by atoms with Gasteiger partial charge in [-0.05, 0) is 42.5 Å². The first-order chi connectivity index (χ1) is 15.9. The molecule has 0 aliphatic carbocycles. The molecule has 0 saturated carbocycles. The third-order valence-electron chi connectivity index (χ3n) is 5.44. The van der Waals surface area contributed by atoms with Crippen LogP contribution >= 0.6 is 0 Å². The molecule has 3 heterocycles. The Hall–Kier alpha value is -3.63. The van der Waals surface area contributed by atoms with E-state index in [2.05, 4.69) is 44.2 Å². The Kier molecular flexibility index (Phi) is 5.39. The van der Waals surface area contributed by atoms with Gasteiger partial charge in [-0.3, -0.25) is 4.72 Å². The normalized spacial score (nSPS) is 14.1. The molecule has 10 heteroatoms. The van der Waals surface area contributed by atoms with Crippen LogP contribution in [0.3, 0.4) is 0 Å². The van der Waals surface area contributed by atoms with Crippen LogP contribution in [0.1, 0.15) is 5.56 Å². The minimum Gasteiger partial charge on any atom is -0.375 e. The van der Waals surface area contributed by atoms with Crippen molar-refractivity contribution >= 4 is 38.6 Å². The molecule has 9 nitrogen and oxygen atoms in total. The smallest absolute Gasteiger partial charge is 0.245 e. The van der Waals surface area contributed by atoms with E-state index in [1.165, 1.54) is 0 Å². The molecule has 2 aromatic carbocycles. The third kappa shape index (κ3) is 4.62. The topological polar surface area (TPSA) is 101 Å². The second-order valence-electron chi connectivity index (χ2n) is 8.03. The van der Waals surface area contributed by atoms with Crippen LogP contribution in [-0.2, 0) is 21.4 Å². The van der Waals surface area contributed by atoms with Crippen LogP contribution in [0.25, 0.3) is 16.8 Å². The standard InChI is InChI=1S/C23H24N6O3S/c1-28-10-11-32-15-17-13-18(6-8-21(17)28)25-23-24-14-20-7-9-22(29(20)26-23)16-4-3-5-19(12-16)27-33(2,30)31/h3-9,12-14,27H,10-11,15H2,1-2H3,(H,25,26). The van der Waals surface area contributed by atoms with E-state index in [4.69, 9.17) is 4.74 Å². The maximum absolute atomic E-state index is 11.6. The predicted octanol–water partition coefficient (Wildman–Crippen LogP) is 3.48. The summed E-state index contributed by atoms with van der Waals surface area (Å²) >= 11 is 0. The van der Waals surface area contributed by atoms with Crippen LogP contribution in [0, 0.1) is 0 Å². The highest BCUT2D eigenvalue weighted by atomic mass is 32.2. The third-order valence-corrected chi connectivity index (χ3v) is 6.04. The molecule has 5 rings (SSSR count). The predicted molar refractivity (Wildman–Crippen MR) is 130 cm³/mol. The zero-order chi connectivity index (χ0) is 23.0. The maximum Gasteiger partial charge on any atom is 0.245 e. The highest BCUT2D eigenvalue weighted by molar-refractivity contribution is 7.92. The molecule has 2 N–H and O–H groups in total. The zero-order valence-electron chi connectivity index (χ0n) is 18.3. The average molecular weight is 465 g/mol. The lowest BCUT2D eigenvalue weighted by molar-refractivity contribution is 0.133. The Labute approximate surface area is 192 Å². The quantitative estimate of drug-likeness (QED) is 0.466. The van der Waals surface area contributed by atoms with Crippen molar-refractivity contribution in [3.05, 3.63) is 66.4 Å². The number of likely N-dealkylation sites (N-methyl/N-ethyl adjacent to an activating group) is 1. The molecule has 170 valence electrons. The molecule has 0 atom stereocenters. The molecule has 0 bridgehead atoms. The highest BCUT2D eigenvalue weighted by Crippen LogP contribution is 2.28. The van der Waals surface area contributed by atoms with Crippen LogP contribution in [0.4, 0.5) is 23.0 Å². The van der Waals surface area contributed by atoms with Crippen LogP contribution in [0.2, 0.25) is 0 Å². The van der Waals surface area contributed by atoms with Crippen LogP contribution < -0.4 is 14.9 Å². The number of fused-ring (bicyclic) bond motifs is 2. The van der Waals surface area contributed by atoms with Gasteiger partial charge in [0.2, 0.25) is 16.0 Å². The fourth-order valence-electron chi connectivity index (χ4n) is 3.92. The molecule has 0 saturated heterocycles. The summed E-state index contributed by atoms with van der Waals surface area (Å²) < 4.78 is 33.2. The summed E-state index contributed by atoms with van der Waals surface area (Å²) in [6.45, 7) is 2.12. The van der Waals surface area contributed by atoms with Gasteiger partial charge in [0.15, 0.2) is 0 Å². The fourth-order valence-corrected chi connectivity index (χ4v) is 4.47. The Morgan fingerprint density at radius 2 is 1.94 bits per heavy atom. The van der Waals surface area contributed by atoms with Crippen molar-refractivity contribution in [2.75, 3.05) is 41.4 Å². The lowest BCUT2D eigenvalue weighted by Crippen LogP contribution is -2.20. The Morgan fingerprint density at radius 3 is 2.79 bits per heavy atom. The number of hydrogen-bond acceptors (Lipinski definition) is 7. The Bertz CT molecular complexity index is 1430. The number of aromatic nitrogens is 3. The summed E-state index contributed by atoms with van der Waals surface area (Å²) in [4.78, 5) is 6.63. The van der Waals surface area contributed by atoms with E-state index in [1.54, 1.807) is 28.9 Å². The van der Waals surface area contributed by atoms with Gasteiger partial charge in [0.1, 0.15) is 0 Å². The van der Waals surface area contributed by atoms with Crippen molar-refractivity contribution in [1.29, 1.82) is 0 Å². The lowest BCUT2D eigenvalue weighted by atomic mass is 10.1. The van der Waals surface area contributed by atoms with Gasteiger partial charge in [0, 0.05) is 41.8 Å². The summed E-state index contributed by atoms with van der Waals surface area (Å²) in [5, 5.41) is 7.95. The molecule has 0 amide bonds. The highest BCUT2D eigenvalue weighted by Gasteiger charge is 2.14. The van der Waals surface area contributed by atoms with E-state index in [9.17, 15) is 8.42 Å². The molecule has 0 unspecified atom stereocenters. The molecule has 0 radical (unpaired) electrons. The number of benzene rings is 2. The van der Waals surface area contributed by atoms with E-state index in [1.807, 2.05) is 24.3 Å². The van der Waals surface area contributed by atoms with Gasteiger partial charge in [0.25, 0.3) is 0 Å². The van der Waals surface area contributed by atoms with Gasteiger partial charge >= 0.3 is 0 Å². The van der Waals surface area contributed by atoms with E-state index in [-0.39, 0.29) is 0 Å². The number of rotatable bonds is 5. The minimum atomic E-state index is -3.36. The first kappa shape index (κ1) is 21.2. The minimum absolute atomic E-state index is 0.452. The Morgan fingerprint density at radius 1 is 1.06 bits per heavy atom. The molecule has 33 heavy (non-hydrogen) atoms. The summed E-state index contributed by atoms with van der Waals surface area (Å²) in [5.74, 6) is 0.452. The molecular weight excluding hydrogens is 440 g/mol. The molecule has 0 fully saturated rings. The summed E-state index contributed by atoms with van der Waals surface area (Å²) in [6.07, 6.45) is 2.88. The van der Waals surface area contributed by atoms with Crippen molar-refractivity contribution in [2.24, 2.45) is 0 Å². The molecule has 2 aromatic heterocycles. The second-order valence-corrected chi connectivity index (χ2v) is 9.78. The van der Waals surface area contributed by atoms with Crippen molar-refractivity contribution < 1.29 is 13.2 Å². The van der Waals surface area contributed by atoms with Gasteiger partial charge in [-0.15, -0.1) is 5.10 Å². The van der Waals surface area contributed by atoms with Gasteiger partial charge in [-0.2, -0.15) is 0 Å². The number of nitrogens with one attached hydrogen (secondary N) is 2. The largest absolute Gasteiger partial charge is 0.375 e. The van der Waals surface area contributed by atoms with Crippen LogP contribution in [-0.4, -0.2) is 49.5 Å². The average Bonchev–Trinajstić information content (AvgIpc) is 3.10. The molecule has 0 spiro atoms. The number of sulfonamides is 1. The van der Waals surface area contributed by atoms with Crippen molar-refractivity contribution in [2.45, 2.75) is 6.61 Å². The first-order valence-corrected chi connectivity index (χ1v) is 12.4. The maximum atomic E-state index is 11.6. The van der Waals surface area contributed by atoms with Crippen molar-refractivity contribution in [3.63, 3.8) is 0 Å². The van der Waals surface area contributed by atoms with E-state index >= 15 is 0 Å². The zero-order valence-corrected chi connectivity index (χ0v) is 19.1. The van der Waals surface area contributed by atoms with E-state index < -0.39 is 10.0 Å². The first-order valence-electron chi connectivity index (χ1n) is 10.5. The molecular formula is C23H24N6O3S. The van der Waals surface area contributed by atoms with Gasteiger partial charge in [-0.25, -0.2) is 17.9 Å². The van der Waals surface area contributed by atoms with Gasteiger partial charge in [0.05, 0.1) is 36.9 Å². The monoisotopic (exact) mass is 464 g/mol. The molecule has 4 aromatic rings. The van der Waals surface area contributed by atoms with Crippen molar-refractivity contribution in [3.8, 4) is 11.3 Å². The summed E-state index contributed by atoms with van der Waals surface area (Å²) in [6, 6.07) is 17.2. The SMILES string of the molecule is CN1CCOCc2cc(Nc3ncc4ccc(-c5cccc(NS(C)(=O)=O)c5)n4n3)ccc21. The number of nitrogens with zero attached hydrogens (tertiary/aromatic N) is 4. The van der Waals surface area contributed by atoms with Crippen molar-refractivity contribution in [1.82, 2.24) is 14.6 Å². The number of hydrogen-bond donors (Lipinski definition) is 2. The van der Waals surface area contributed by atoms with Gasteiger partial charge in [-0.1, -0.05) is 12.1 Å². The summed E-state index contributed by atoms with van der Waals surface area (Å²) in [5.41, 5.74) is 6.12. The molecule has 1 aliphatic heterocycles. The van der Waals surface area contributed by atoms with E-state index in [0.717, 1.165) is 46.5 Å². The lowest BCUT2D eigenvalue weighted by Gasteiger charge is -2.19. The number of ether oxygens (including phenoxy) is 1. The van der Waals surface area contributed by atoms with Crippen LogP contribution in [0.5, 0.6) is 0 Å². The van der Waals surface area contributed by atoms with Crippen LogP contribution in [0.15, 0.2) is 60.8 Å². The second kappa shape index (κ2) is 8.38. The fraction of sp³-hybridized carbons (Fsp3) is 0.217. The molecule has 1 aliphatic rings. The number of anilines is 4.